The van der Waals surface area contributed by atoms with E-state index < -0.39 is 0 Å². The predicted molar refractivity (Wildman–Crippen MR) is 125 cm³/mol. The van der Waals surface area contributed by atoms with E-state index in [9.17, 15) is 14.0 Å². The number of rotatable bonds is 6. The number of amides is 1. The third kappa shape index (κ3) is 4.13. The molecule has 33 heavy (non-hydrogen) atoms. The molecule has 164 valence electrons. The van der Waals surface area contributed by atoms with Gasteiger partial charge in [0.15, 0.2) is 0 Å². The molecule has 3 aromatic carbocycles. The Morgan fingerprint density at radius 3 is 2.52 bits per heavy atom. The SMILES string of the molecule is O=C(NCCc1ccccc1)c1ccc2c(c1)n(Cc1cccc(F)c1)c(=O)c1ccnn12. The Hall–Kier alpha value is -4.26. The Kier molecular flexibility index (Phi) is 5.44. The Balaban J connectivity index is 1.51. The van der Waals surface area contributed by atoms with Crippen LogP contribution in [0.1, 0.15) is 21.5 Å². The fraction of sp³-hybridized carbons (Fsp3) is 0.115. The number of halogens is 1. The molecule has 0 aliphatic carbocycles. The summed E-state index contributed by atoms with van der Waals surface area (Å²) in [5, 5.41) is 7.21. The van der Waals surface area contributed by atoms with Crippen molar-refractivity contribution in [3.8, 4) is 0 Å². The Morgan fingerprint density at radius 1 is 0.879 bits per heavy atom. The van der Waals surface area contributed by atoms with Gasteiger partial charge in [0.05, 0.1) is 23.8 Å². The predicted octanol–water partition coefficient (Wildman–Crippen LogP) is 3.81. The summed E-state index contributed by atoms with van der Waals surface area (Å²) in [5.41, 5.74) is 3.63. The molecule has 0 bridgehead atoms. The zero-order valence-electron chi connectivity index (χ0n) is 17.7. The lowest BCUT2D eigenvalue weighted by Gasteiger charge is -2.14. The summed E-state index contributed by atoms with van der Waals surface area (Å²) in [7, 11) is 0. The number of fused-ring (bicyclic) bond motifs is 3. The van der Waals surface area contributed by atoms with Crippen LogP contribution in [0.4, 0.5) is 4.39 Å². The molecule has 5 rings (SSSR count). The molecule has 0 unspecified atom stereocenters. The second-order valence-corrected chi connectivity index (χ2v) is 7.84. The molecule has 2 aromatic heterocycles. The molecular formula is C26H21FN4O2. The standard InChI is InChI=1S/C26H21FN4O2/c27-21-8-4-7-19(15-21)17-30-24-16-20(25(32)28-13-11-18-5-2-1-3-6-18)9-10-22(24)31-23(26(30)33)12-14-29-31/h1-10,12,14-16H,11,13,17H2,(H,28,32). The lowest BCUT2D eigenvalue weighted by atomic mass is 10.1. The summed E-state index contributed by atoms with van der Waals surface area (Å²) in [6, 6.07) is 22.9. The van der Waals surface area contributed by atoms with E-state index in [0.29, 0.717) is 34.2 Å². The maximum absolute atomic E-state index is 13.7. The topological polar surface area (TPSA) is 68.4 Å². The van der Waals surface area contributed by atoms with E-state index in [1.807, 2.05) is 30.3 Å². The fourth-order valence-corrected chi connectivity index (χ4v) is 4.01. The van der Waals surface area contributed by atoms with Crippen LogP contribution in [0.15, 0.2) is 89.9 Å². The second kappa shape index (κ2) is 8.70. The van der Waals surface area contributed by atoms with Gasteiger partial charge in [-0.1, -0.05) is 42.5 Å². The van der Waals surface area contributed by atoms with E-state index >= 15 is 0 Å². The lowest BCUT2D eigenvalue weighted by molar-refractivity contribution is 0.0954. The molecular weight excluding hydrogens is 419 g/mol. The van der Waals surface area contributed by atoms with Crippen LogP contribution in [-0.4, -0.2) is 26.6 Å². The number of aromatic nitrogens is 3. The van der Waals surface area contributed by atoms with Crippen LogP contribution >= 0.6 is 0 Å². The van der Waals surface area contributed by atoms with E-state index in [2.05, 4.69) is 10.4 Å². The van der Waals surface area contributed by atoms with Crippen LogP contribution in [-0.2, 0) is 13.0 Å². The van der Waals surface area contributed by atoms with Crippen molar-refractivity contribution in [1.82, 2.24) is 19.5 Å². The fourth-order valence-electron chi connectivity index (χ4n) is 4.01. The quantitative estimate of drug-likeness (QED) is 0.437. The number of carbonyl (C=O) groups excluding carboxylic acids is 1. The molecule has 2 heterocycles. The van der Waals surface area contributed by atoms with Gasteiger partial charge in [-0.25, -0.2) is 8.91 Å². The van der Waals surface area contributed by atoms with Crippen molar-refractivity contribution in [2.75, 3.05) is 6.54 Å². The van der Waals surface area contributed by atoms with Gasteiger partial charge in [-0.2, -0.15) is 5.10 Å². The van der Waals surface area contributed by atoms with Crippen LogP contribution in [0.25, 0.3) is 16.6 Å². The minimum atomic E-state index is -0.367. The van der Waals surface area contributed by atoms with Crippen molar-refractivity contribution in [3.05, 3.63) is 118 Å². The van der Waals surface area contributed by atoms with Gasteiger partial charge in [0.1, 0.15) is 11.3 Å². The molecule has 0 radical (unpaired) electrons. The number of benzene rings is 3. The molecule has 0 aliphatic heterocycles. The van der Waals surface area contributed by atoms with E-state index in [1.54, 1.807) is 51.7 Å². The molecule has 0 saturated heterocycles. The maximum atomic E-state index is 13.7. The third-order valence-electron chi connectivity index (χ3n) is 5.64. The van der Waals surface area contributed by atoms with Crippen molar-refractivity contribution in [1.29, 1.82) is 0 Å². The van der Waals surface area contributed by atoms with E-state index in [1.165, 1.54) is 12.1 Å². The Bertz CT molecular complexity index is 1520. The molecule has 0 saturated carbocycles. The van der Waals surface area contributed by atoms with Gasteiger partial charge in [-0.15, -0.1) is 0 Å². The minimum absolute atomic E-state index is 0.174. The largest absolute Gasteiger partial charge is 0.352 e. The highest BCUT2D eigenvalue weighted by Gasteiger charge is 2.15. The number of nitrogens with one attached hydrogen (secondary N) is 1. The number of hydrogen-bond donors (Lipinski definition) is 1. The maximum Gasteiger partial charge on any atom is 0.277 e. The summed E-state index contributed by atoms with van der Waals surface area (Å²) < 4.78 is 16.9. The van der Waals surface area contributed by atoms with E-state index in [4.69, 9.17) is 0 Å². The highest BCUT2D eigenvalue weighted by molar-refractivity contribution is 5.97. The number of nitrogens with zero attached hydrogens (tertiary/aromatic N) is 3. The normalized spacial score (nSPS) is 11.2. The number of hydrogen-bond acceptors (Lipinski definition) is 3. The first-order chi connectivity index (χ1) is 16.1. The van der Waals surface area contributed by atoms with Crippen molar-refractivity contribution >= 4 is 22.5 Å². The van der Waals surface area contributed by atoms with Gasteiger partial charge >= 0.3 is 0 Å². The smallest absolute Gasteiger partial charge is 0.277 e. The summed E-state index contributed by atoms with van der Waals surface area (Å²) in [6.45, 7) is 0.670. The molecule has 0 atom stereocenters. The van der Waals surface area contributed by atoms with E-state index in [0.717, 1.165) is 12.0 Å². The second-order valence-electron chi connectivity index (χ2n) is 7.84. The van der Waals surface area contributed by atoms with Crippen LogP contribution < -0.4 is 10.9 Å². The minimum Gasteiger partial charge on any atom is -0.352 e. The van der Waals surface area contributed by atoms with Crippen molar-refractivity contribution in [2.24, 2.45) is 0 Å². The summed E-state index contributed by atoms with van der Waals surface area (Å²) in [5.74, 6) is -0.591. The summed E-state index contributed by atoms with van der Waals surface area (Å²) in [4.78, 5) is 26.0. The summed E-state index contributed by atoms with van der Waals surface area (Å²) in [6.07, 6.45) is 2.28. The van der Waals surface area contributed by atoms with Gasteiger partial charge in [0.25, 0.3) is 11.5 Å². The molecule has 0 fully saturated rings. The lowest BCUT2D eigenvalue weighted by Crippen LogP contribution is -2.27. The molecule has 5 aromatic rings. The highest BCUT2D eigenvalue weighted by atomic mass is 19.1. The number of carbonyl (C=O) groups is 1. The first-order valence-electron chi connectivity index (χ1n) is 10.7. The average Bonchev–Trinajstić information content (AvgIpc) is 3.32. The molecule has 1 N–H and O–H groups in total. The van der Waals surface area contributed by atoms with Crippen LogP contribution in [0.2, 0.25) is 0 Å². The van der Waals surface area contributed by atoms with Crippen LogP contribution in [0.5, 0.6) is 0 Å². The Labute approximate surface area is 188 Å². The van der Waals surface area contributed by atoms with Gasteiger partial charge < -0.3 is 9.88 Å². The molecule has 0 aliphatic rings. The van der Waals surface area contributed by atoms with Gasteiger partial charge in [0, 0.05) is 12.1 Å². The van der Waals surface area contributed by atoms with Crippen LogP contribution in [0.3, 0.4) is 0 Å². The van der Waals surface area contributed by atoms with E-state index in [-0.39, 0.29) is 23.8 Å². The molecule has 7 heteroatoms. The zero-order chi connectivity index (χ0) is 22.8. The monoisotopic (exact) mass is 440 g/mol. The molecule has 1 amide bonds. The summed E-state index contributed by atoms with van der Waals surface area (Å²) >= 11 is 0. The first-order valence-corrected chi connectivity index (χ1v) is 10.7. The average molecular weight is 440 g/mol. The third-order valence-corrected chi connectivity index (χ3v) is 5.64. The van der Waals surface area contributed by atoms with Gasteiger partial charge in [0.2, 0.25) is 0 Å². The Morgan fingerprint density at radius 2 is 1.70 bits per heavy atom. The first kappa shape index (κ1) is 20.6. The van der Waals surface area contributed by atoms with Crippen molar-refractivity contribution in [3.63, 3.8) is 0 Å². The zero-order valence-corrected chi connectivity index (χ0v) is 17.7. The van der Waals surface area contributed by atoms with Crippen LogP contribution in [0, 0.1) is 5.82 Å². The van der Waals surface area contributed by atoms with Gasteiger partial charge in [-0.05, 0) is 53.9 Å². The highest BCUT2D eigenvalue weighted by Crippen LogP contribution is 2.18. The molecule has 0 spiro atoms. The molecule has 6 nitrogen and oxygen atoms in total. The van der Waals surface area contributed by atoms with Crippen molar-refractivity contribution < 1.29 is 9.18 Å². The van der Waals surface area contributed by atoms with Gasteiger partial charge in [-0.3, -0.25) is 9.59 Å². The van der Waals surface area contributed by atoms with Crippen molar-refractivity contribution in [2.45, 2.75) is 13.0 Å².